The molecule has 2 rings (SSSR count). The Morgan fingerprint density at radius 2 is 2.24 bits per heavy atom. The molecule has 1 fully saturated rings. The largest absolute Gasteiger partial charge is 0.394 e. The van der Waals surface area contributed by atoms with Crippen molar-refractivity contribution in [1.82, 2.24) is 9.55 Å². The molecule has 4 atom stereocenters. The van der Waals surface area contributed by atoms with E-state index in [1.807, 2.05) is 0 Å². The second kappa shape index (κ2) is 4.74. The zero-order valence-corrected chi connectivity index (χ0v) is 10.8. The Bertz CT molecular complexity index is 720. The number of H-pyrrole nitrogens is 1. The van der Waals surface area contributed by atoms with Gasteiger partial charge in [0.05, 0.1) is 12.8 Å². The summed E-state index contributed by atoms with van der Waals surface area (Å²) in [6.07, 6.45) is -2.70. The Labute approximate surface area is 116 Å². The highest BCUT2D eigenvalue weighted by atomic mass is 19.1. The smallest absolute Gasteiger partial charge is 0.331 e. The highest BCUT2D eigenvalue weighted by Crippen LogP contribution is 2.42. The first-order valence-corrected chi connectivity index (χ1v) is 5.83. The minimum absolute atomic E-state index is 0.336. The normalized spacial score (nSPS) is 35.6. The quantitative estimate of drug-likeness (QED) is 0.466. The standard InChI is InChI=1S/C11H12FN3O6/c1-10(20)7(17)6(3-16)21-11(10,4-13)15-2-5(12)8(18)14-9(15)19/h2,6-7,16-17,20H,3H2,1H3,(H,14,18,19). The monoisotopic (exact) mass is 301 g/mol. The van der Waals surface area contributed by atoms with Crippen LogP contribution in [0.25, 0.3) is 0 Å². The van der Waals surface area contributed by atoms with Crippen molar-refractivity contribution in [3.8, 4) is 6.07 Å². The Hall–Kier alpha value is -2.06. The van der Waals surface area contributed by atoms with Crippen LogP contribution in [0.3, 0.4) is 0 Å². The van der Waals surface area contributed by atoms with E-state index >= 15 is 0 Å². The lowest BCUT2D eigenvalue weighted by atomic mass is 9.88. The summed E-state index contributed by atoms with van der Waals surface area (Å²) in [7, 11) is 0. The van der Waals surface area contributed by atoms with Crippen molar-refractivity contribution >= 4 is 0 Å². The number of nitrogens with zero attached hydrogens (tertiary/aromatic N) is 2. The molecule has 21 heavy (non-hydrogen) atoms. The van der Waals surface area contributed by atoms with Gasteiger partial charge in [-0.05, 0) is 6.92 Å². The number of halogens is 1. The van der Waals surface area contributed by atoms with Crippen molar-refractivity contribution in [3.63, 3.8) is 0 Å². The van der Waals surface area contributed by atoms with Gasteiger partial charge in [-0.2, -0.15) is 9.65 Å². The predicted molar refractivity (Wildman–Crippen MR) is 63.5 cm³/mol. The van der Waals surface area contributed by atoms with Gasteiger partial charge in [0, 0.05) is 0 Å². The fraction of sp³-hybridized carbons (Fsp3) is 0.545. The molecule has 1 aliphatic heterocycles. The van der Waals surface area contributed by atoms with Gasteiger partial charge in [0.15, 0.2) is 5.60 Å². The second-order valence-electron chi connectivity index (χ2n) is 4.79. The summed E-state index contributed by atoms with van der Waals surface area (Å²) < 4.78 is 18.8. The number of rotatable bonds is 2. The second-order valence-corrected chi connectivity index (χ2v) is 4.79. The lowest BCUT2D eigenvalue weighted by molar-refractivity contribution is -0.152. The molecule has 0 bridgehead atoms. The van der Waals surface area contributed by atoms with E-state index in [1.165, 1.54) is 6.07 Å². The van der Waals surface area contributed by atoms with Gasteiger partial charge in [-0.25, -0.2) is 4.79 Å². The van der Waals surface area contributed by atoms with E-state index in [9.17, 15) is 29.5 Å². The van der Waals surface area contributed by atoms with Gasteiger partial charge in [-0.3, -0.25) is 14.3 Å². The van der Waals surface area contributed by atoms with Gasteiger partial charge in [0.1, 0.15) is 18.3 Å². The summed E-state index contributed by atoms with van der Waals surface area (Å²) >= 11 is 0. The van der Waals surface area contributed by atoms with E-state index in [4.69, 9.17) is 9.84 Å². The van der Waals surface area contributed by atoms with Crippen molar-refractivity contribution in [3.05, 3.63) is 32.9 Å². The fourth-order valence-corrected chi connectivity index (χ4v) is 2.28. The lowest BCUT2D eigenvalue weighted by Gasteiger charge is -2.34. The Morgan fingerprint density at radius 3 is 2.71 bits per heavy atom. The molecule has 4 unspecified atom stereocenters. The molecule has 1 aromatic heterocycles. The zero-order chi connectivity index (χ0) is 16.0. The van der Waals surface area contributed by atoms with Gasteiger partial charge in [0.25, 0.3) is 11.3 Å². The Morgan fingerprint density at radius 1 is 1.62 bits per heavy atom. The summed E-state index contributed by atoms with van der Waals surface area (Å²) in [4.78, 5) is 24.4. The maximum Gasteiger partial charge on any atom is 0.331 e. The van der Waals surface area contributed by atoms with E-state index in [-0.39, 0.29) is 0 Å². The summed E-state index contributed by atoms with van der Waals surface area (Å²) in [6, 6.07) is 1.50. The number of hydrogen-bond acceptors (Lipinski definition) is 7. The summed E-state index contributed by atoms with van der Waals surface area (Å²) in [6.45, 7) is 0.243. The van der Waals surface area contributed by atoms with Gasteiger partial charge in [-0.15, -0.1) is 0 Å². The van der Waals surface area contributed by atoms with Crippen LogP contribution in [0.15, 0.2) is 15.8 Å². The van der Waals surface area contributed by atoms with Crippen molar-refractivity contribution in [2.75, 3.05) is 6.61 Å². The molecule has 1 aromatic rings. The topological polar surface area (TPSA) is 149 Å². The van der Waals surface area contributed by atoms with Crippen molar-refractivity contribution in [2.24, 2.45) is 0 Å². The first-order chi connectivity index (χ1) is 9.71. The number of aliphatic hydroxyl groups excluding tert-OH is 2. The molecule has 114 valence electrons. The van der Waals surface area contributed by atoms with Gasteiger partial charge in [-0.1, -0.05) is 0 Å². The molecule has 0 aliphatic carbocycles. The number of ether oxygens (including phenoxy) is 1. The third kappa shape index (κ3) is 1.90. The van der Waals surface area contributed by atoms with Crippen LogP contribution in [-0.2, 0) is 10.5 Å². The third-order valence-corrected chi connectivity index (χ3v) is 3.51. The van der Waals surface area contributed by atoms with Crippen LogP contribution in [0.4, 0.5) is 4.39 Å². The molecule has 2 heterocycles. The minimum Gasteiger partial charge on any atom is -0.394 e. The highest BCUT2D eigenvalue weighted by Gasteiger charge is 2.65. The van der Waals surface area contributed by atoms with Crippen LogP contribution in [0.1, 0.15) is 6.92 Å². The van der Waals surface area contributed by atoms with Crippen molar-refractivity contribution in [2.45, 2.75) is 30.5 Å². The summed E-state index contributed by atoms with van der Waals surface area (Å²) in [5, 5.41) is 38.6. The molecule has 0 saturated carbocycles. The SMILES string of the molecule is CC1(O)C(O)C(CO)OC1(C#N)n1cc(F)c(=O)[nH]c1=O. The molecule has 9 nitrogen and oxygen atoms in total. The zero-order valence-electron chi connectivity index (χ0n) is 10.8. The molecular formula is C11H12FN3O6. The Balaban J connectivity index is 2.75. The molecular weight excluding hydrogens is 289 g/mol. The van der Waals surface area contributed by atoms with E-state index in [0.717, 1.165) is 6.92 Å². The van der Waals surface area contributed by atoms with Gasteiger partial charge in [0.2, 0.25) is 5.82 Å². The highest BCUT2D eigenvalue weighted by molar-refractivity contribution is 5.18. The fourth-order valence-electron chi connectivity index (χ4n) is 2.28. The van der Waals surface area contributed by atoms with Gasteiger partial charge < -0.3 is 20.1 Å². The number of nitriles is 1. The van der Waals surface area contributed by atoms with E-state index in [0.29, 0.717) is 10.8 Å². The van der Waals surface area contributed by atoms with E-state index in [2.05, 4.69) is 0 Å². The molecule has 1 saturated heterocycles. The van der Waals surface area contributed by atoms with E-state index in [1.54, 1.807) is 4.98 Å². The Kier molecular flexibility index (Phi) is 3.46. The summed E-state index contributed by atoms with van der Waals surface area (Å²) in [5.41, 5.74) is -7.37. The molecule has 4 N–H and O–H groups in total. The van der Waals surface area contributed by atoms with Crippen molar-refractivity contribution < 1.29 is 24.4 Å². The van der Waals surface area contributed by atoms with Crippen LogP contribution in [0.2, 0.25) is 0 Å². The number of aromatic amines is 1. The van der Waals surface area contributed by atoms with Crippen molar-refractivity contribution in [1.29, 1.82) is 5.26 Å². The molecule has 1 aliphatic rings. The first-order valence-electron chi connectivity index (χ1n) is 5.83. The first kappa shape index (κ1) is 15.3. The molecule has 0 radical (unpaired) electrons. The third-order valence-electron chi connectivity index (χ3n) is 3.51. The average molecular weight is 301 g/mol. The van der Waals surface area contributed by atoms with Crippen LogP contribution < -0.4 is 11.2 Å². The number of aromatic nitrogens is 2. The maximum absolute atomic E-state index is 13.4. The number of aliphatic hydroxyl groups is 3. The number of hydrogen-bond donors (Lipinski definition) is 4. The molecule has 0 aromatic carbocycles. The van der Waals surface area contributed by atoms with Crippen LogP contribution in [0.5, 0.6) is 0 Å². The van der Waals surface area contributed by atoms with Crippen LogP contribution in [-0.4, -0.2) is 49.3 Å². The molecule has 0 spiro atoms. The maximum atomic E-state index is 13.4. The lowest BCUT2D eigenvalue weighted by Crippen LogP contribution is -2.58. The predicted octanol–water partition coefficient (Wildman–Crippen LogP) is -2.64. The van der Waals surface area contributed by atoms with Gasteiger partial charge >= 0.3 is 5.69 Å². The minimum atomic E-state index is -2.51. The van der Waals surface area contributed by atoms with Crippen LogP contribution in [0, 0.1) is 17.1 Å². The van der Waals surface area contributed by atoms with Crippen LogP contribution >= 0.6 is 0 Å². The molecule has 10 heteroatoms. The van der Waals surface area contributed by atoms with E-state index < -0.39 is 47.2 Å². The average Bonchev–Trinajstić information content (AvgIpc) is 2.63. The number of nitrogens with one attached hydrogen (secondary N) is 1. The summed E-state index contributed by atoms with van der Waals surface area (Å²) in [5.74, 6) is -1.38. The molecule has 0 amide bonds.